The van der Waals surface area contributed by atoms with E-state index in [0.717, 1.165) is 5.56 Å². The third kappa shape index (κ3) is 5.07. The van der Waals surface area contributed by atoms with Gasteiger partial charge in [-0.15, -0.1) is 11.3 Å². The molecule has 2 amide bonds. The Bertz CT molecular complexity index is 747. The van der Waals surface area contributed by atoms with E-state index in [9.17, 15) is 14.4 Å². The topological polar surface area (TPSA) is 84.5 Å². The summed E-state index contributed by atoms with van der Waals surface area (Å²) in [5.41, 5.74) is 1.27. The van der Waals surface area contributed by atoms with Crippen LogP contribution in [0.1, 0.15) is 15.2 Å². The number of rotatable bonds is 6. The van der Waals surface area contributed by atoms with Crippen molar-refractivity contribution in [1.82, 2.24) is 5.32 Å². The lowest BCUT2D eigenvalue weighted by molar-refractivity contribution is -0.146. The van der Waals surface area contributed by atoms with Crippen LogP contribution in [0.2, 0.25) is 5.02 Å². The smallest absolute Gasteiger partial charge is 0.325 e. The summed E-state index contributed by atoms with van der Waals surface area (Å²) < 4.78 is 4.82. The highest BCUT2D eigenvalue weighted by molar-refractivity contribution is 7.12. The molecule has 126 valence electrons. The van der Waals surface area contributed by atoms with Crippen LogP contribution in [0.3, 0.4) is 0 Å². The Kier molecular flexibility index (Phi) is 6.34. The zero-order valence-corrected chi connectivity index (χ0v) is 14.4. The Hall–Kier alpha value is -2.38. The van der Waals surface area contributed by atoms with Gasteiger partial charge in [-0.3, -0.25) is 14.4 Å². The van der Waals surface area contributed by atoms with E-state index >= 15 is 0 Å². The molecule has 0 saturated carbocycles. The fraction of sp³-hybridized carbons (Fsp3) is 0.188. The molecule has 0 spiro atoms. The largest absolute Gasteiger partial charge is 0.454 e. The zero-order chi connectivity index (χ0) is 17.5. The highest BCUT2D eigenvalue weighted by Gasteiger charge is 2.12. The second kappa shape index (κ2) is 8.47. The lowest BCUT2D eigenvalue weighted by Crippen LogP contribution is -2.31. The monoisotopic (exact) mass is 366 g/mol. The highest BCUT2D eigenvalue weighted by atomic mass is 35.5. The van der Waals surface area contributed by atoms with E-state index in [1.165, 1.54) is 11.3 Å². The Labute approximate surface area is 147 Å². The molecule has 8 heteroatoms. The van der Waals surface area contributed by atoms with E-state index in [2.05, 4.69) is 10.6 Å². The van der Waals surface area contributed by atoms with Gasteiger partial charge in [0.05, 0.1) is 4.88 Å². The van der Waals surface area contributed by atoms with Crippen molar-refractivity contribution in [3.8, 4) is 0 Å². The van der Waals surface area contributed by atoms with Gasteiger partial charge >= 0.3 is 5.97 Å². The molecule has 0 radical (unpaired) electrons. The number of hydrogen-bond acceptors (Lipinski definition) is 5. The second-order valence-corrected chi connectivity index (χ2v) is 6.14. The fourth-order valence-corrected chi connectivity index (χ4v) is 2.59. The molecule has 1 heterocycles. The molecule has 0 aliphatic heterocycles. The maximum Gasteiger partial charge on any atom is 0.325 e. The standard InChI is InChI=1S/C16H15ClN2O4S/c1-10-11(17)4-2-5-12(10)19-14(20)9-23-15(21)8-18-16(22)13-6-3-7-24-13/h2-7H,8-9H2,1H3,(H,18,22)(H,19,20). The summed E-state index contributed by atoms with van der Waals surface area (Å²) in [6.07, 6.45) is 0. The molecule has 2 aromatic rings. The summed E-state index contributed by atoms with van der Waals surface area (Å²) in [5.74, 6) is -1.54. The van der Waals surface area contributed by atoms with Crippen molar-refractivity contribution >= 4 is 46.4 Å². The van der Waals surface area contributed by atoms with E-state index in [1.54, 1.807) is 42.6 Å². The first-order chi connectivity index (χ1) is 11.5. The Balaban J connectivity index is 1.74. The summed E-state index contributed by atoms with van der Waals surface area (Å²) in [7, 11) is 0. The number of benzene rings is 1. The van der Waals surface area contributed by atoms with E-state index in [1.807, 2.05) is 0 Å². The molecular formula is C16H15ClN2O4S. The molecule has 0 aliphatic carbocycles. The van der Waals surface area contributed by atoms with Gasteiger partial charge in [0.2, 0.25) is 0 Å². The van der Waals surface area contributed by atoms with Gasteiger partial charge in [0.25, 0.3) is 11.8 Å². The maximum absolute atomic E-state index is 11.8. The van der Waals surface area contributed by atoms with Crippen LogP contribution >= 0.6 is 22.9 Å². The number of hydrogen-bond donors (Lipinski definition) is 2. The average molecular weight is 367 g/mol. The number of anilines is 1. The molecule has 0 saturated heterocycles. The van der Waals surface area contributed by atoms with Crippen LogP contribution < -0.4 is 10.6 Å². The number of thiophene rings is 1. The number of carbonyl (C=O) groups is 3. The first kappa shape index (κ1) is 18.0. The van der Waals surface area contributed by atoms with Crippen molar-refractivity contribution in [1.29, 1.82) is 0 Å². The van der Waals surface area contributed by atoms with Crippen molar-refractivity contribution in [2.24, 2.45) is 0 Å². The van der Waals surface area contributed by atoms with Gasteiger partial charge in [-0.25, -0.2) is 0 Å². The van der Waals surface area contributed by atoms with Crippen LogP contribution in [-0.4, -0.2) is 30.9 Å². The van der Waals surface area contributed by atoms with Gasteiger partial charge in [0.1, 0.15) is 6.54 Å². The van der Waals surface area contributed by atoms with Crippen molar-refractivity contribution in [3.63, 3.8) is 0 Å². The normalized spacial score (nSPS) is 10.1. The number of halogens is 1. The molecule has 0 atom stereocenters. The molecule has 6 nitrogen and oxygen atoms in total. The minimum Gasteiger partial charge on any atom is -0.454 e. The fourth-order valence-electron chi connectivity index (χ4n) is 1.77. The quantitative estimate of drug-likeness (QED) is 0.770. The summed E-state index contributed by atoms with van der Waals surface area (Å²) >= 11 is 7.23. The molecule has 24 heavy (non-hydrogen) atoms. The van der Waals surface area contributed by atoms with Gasteiger partial charge in [-0.05, 0) is 36.1 Å². The summed E-state index contributed by atoms with van der Waals surface area (Å²) in [5, 5.41) is 7.32. The van der Waals surface area contributed by atoms with E-state index in [-0.39, 0.29) is 12.5 Å². The molecular weight excluding hydrogens is 352 g/mol. The number of ether oxygens (including phenoxy) is 1. The minimum atomic E-state index is -0.696. The minimum absolute atomic E-state index is 0.305. The van der Waals surface area contributed by atoms with Crippen LogP contribution in [0, 0.1) is 6.92 Å². The molecule has 0 bridgehead atoms. The lowest BCUT2D eigenvalue weighted by Gasteiger charge is -2.10. The van der Waals surface area contributed by atoms with Crippen molar-refractivity contribution < 1.29 is 19.1 Å². The first-order valence-corrected chi connectivity index (χ1v) is 8.25. The molecule has 1 aromatic carbocycles. The van der Waals surface area contributed by atoms with E-state index in [4.69, 9.17) is 16.3 Å². The summed E-state index contributed by atoms with van der Waals surface area (Å²) in [4.78, 5) is 35.5. The highest BCUT2D eigenvalue weighted by Crippen LogP contribution is 2.22. The molecule has 2 N–H and O–H groups in total. The molecule has 0 unspecified atom stereocenters. The van der Waals surface area contributed by atoms with Gasteiger partial charge in [0, 0.05) is 10.7 Å². The molecule has 0 aliphatic rings. The number of esters is 1. The summed E-state index contributed by atoms with van der Waals surface area (Å²) in [6.45, 7) is 1.02. The Morgan fingerprint density at radius 1 is 1.21 bits per heavy atom. The zero-order valence-electron chi connectivity index (χ0n) is 12.8. The maximum atomic E-state index is 11.8. The SMILES string of the molecule is Cc1c(Cl)cccc1NC(=O)COC(=O)CNC(=O)c1cccs1. The van der Waals surface area contributed by atoms with Crippen LogP contribution in [0.4, 0.5) is 5.69 Å². The van der Waals surface area contributed by atoms with Gasteiger partial charge in [0.15, 0.2) is 6.61 Å². The number of carbonyl (C=O) groups excluding carboxylic acids is 3. The Morgan fingerprint density at radius 3 is 2.71 bits per heavy atom. The van der Waals surface area contributed by atoms with Gasteiger partial charge in [-0.1, -0.05) is 23.7 Å². The van der Waals surface area contributed by atoms with Crippen LogP contribution in [0.15, 0.2) is 35.7 Å². The molecule has 0 fully saturated rings. The van der Waals surface area contributed by atoms with Crippen molar-refractivity contribution in [2.45, 2.75) is 6.92 Å². The van der Waals surface area contributed by atoms with Crippen molar-refractivity contribution in [3.05, 3.63) is 51.2 Å². The number of nitrogens with one attached hydrogen (secondary N) is 2. The van der Waals surface area contributed by atoms with Crippen LogP contribution in [-0.2, 0) is 14.3 Å². The third-order valence-corrected chi connectivity index (χ3v) is 4.32. The summed E-state index contributed by atoms with van der Waals surface area (Å²) in [6, 6.07) is 8.49. The van der Waals surface area contributed by atoms with Gasteiger partial charge < -0.3 is 15.4 Å². The lowest BCUT2D eigenvalue weighted by atomic mass is 10.2. The predicted octanol–water partition coefficient (Wildman–Crippen LogP) is 2.62. The molecule has 2 rings (SSSR count). The average Bonchev–Trinajstić information content (AvgIpc) is 3.09. The first-order valence-electron chi connectivity index (χ1n) is 6.99. The van der Waals surface area contributed by atoms with Crippen LogP contribution in [0.25, 0.3) is 0 Å². The Morgan fingerprint density at radius 2 is 2.00 bits per heavy atom. The van der Waals surface area contributed by atoms with Gasteiger partial charge in [-0.2, -0.15) is 0 Å². The van der Waals surface area contributed by atoms with E-state index < -0.39 is 18.5 Å². The predicted molar refractivity (Wildman–Crippen MR) is 92.4 cm³/mol. The third-order valence-electron chi connectivity index (χ3n) is 3.04. The molecule has 1 aromatic heterocycles. The van der Waals surface area contributed by atoms with Crippen LogP contribution in [0.5, 0.6) is 0 Å². The number of amides is 2. The second-order valence-electron chi connectivity index (χ2n) is 4.78. The van der Waals surface area contributed by atoms with Crippen molar-refractivity contribution in [2.75, 3.05) is 18.5 Å². The van der Waals surface area contributed by atoms with E-state index in [0.29, 0.717) is 15.6 Å².